The Labute approximate surface area is 171 Å². The maximum absolute atomic E-state index is 12.0. The highest BCUT2D eigenvalue weighted by atomic mass is 16.5. The number of likely N-dealkylation sites (tertiary alicyclic amines) is 1. The molecule has 1 aliphatic carbocycles. The van der Waals surface area contributed by atoms with Crippen LogP contribution < -0.4 is 10.6 Å². The van der Waals surface area contributed by atoms with Crippen LogP contribution in [0.1, 0.15) is 51.4 Å². The summed E-state index contributed by atoms with van der Waals surface area (Å²) in [5.74, 6) is 1.57. The number of hydrogen-bond acceptors (Lipinski definition) is 4. The fourth-order valence-electron chi connectivity index (χ4n) is 4.00. The van der Waals surface area contributed by atoms with E-state index in [0.717, 1.165) is 63.9 Å². The number of aliphatic imine (C=N–C) groups is 1. The Morgan fingerprint density at radius 3 is 2.50 bits per heavy atom. The zero-order chi connectivity index (χ0) is 20.2. The van der Waals surface area contributed by atoms with Crippen molar-refractivity contribution in [2.24, 2.45) is 10.9 Å². The van der Waals surface area contributed by atoms with Crippen LogP contribution in [0.25, 0.3) is 0 Å². The summed E-state index contributed by atoms with van der Waals surface area (Å²) in [6.07, 6.45) is 9.97. The normalized spacial score (nSPS) is 20.2. The van der Waals surface area contributed by atoms with Gasteiger partial charge in [-0.1, -0.05) is 19.3 Å². The molecule has 1 saturated heterocycles. The number of carbonyl (C=O) groups is 1. The number of methoxy groups -OCH3 is 1. The van der Waals surface area contributed by atoms with Gasteiger partial charge in [0.2, 0.25) is 5.91 Å². The summed E-state index contributed by atoms with van der Waals surface area (Å²) < 4.78 is 5.15. The number of nitrogens with one attached hydrogen (secondary N) is 2. The molecule has 1 aliphatic heterocycles. The molecular formula is C21H41N5O2. The number of nitrogens with zero attached hydrogens (tertiary/aromatic N) is 3. The molecule has 0 unspecified atom stereocenters. The lowest BCUT2D eigenvalue weighted by molar-refractivity contribution is -0.127. The fraction of sp³-hybridized carbons (Fsp3) is 0.905. The third-order valence-corrected chi connectivity index (χ3v) is 5.91. The highest BCUT2D eigenvalue weighted by molar-refractivity contribution is 5.84. The standard InChI is InChI=1S/C21H41N5O2/c1-25(2)20(27)17-23-21(22-16-18-8-5-4-6-9-18)24-19-10-13-26(14-11-19)12-7-15-28-3/h18-19H,4-17H2,1-3H3,(H2,22,23,24). The average Bonchev–Trinajstić information content (AvgIpc) is 2.71. The van der Waals surface area contributed by atoms with Crippen LogP contribution in [-0.2, 0) is 9.53 Å². The Morgan fingerprint density at radius 2 is 1.86 bits per heavy atom. The number of guanidine groups is 1. The fourth-order valence-corrected chi connectivity index (χ4v) is 4.00. The second-order valence-electron chi connectivity index (χ2n) is 8.44. The molecule has 0 radical (unpaired) electrons. The lowest BCUT2D eigenvalue weighted by Gasteiger charge is -2.33. The number of amides is 1. The first kappa shape index (κ1) is 22.9. The molecule has 2 N–H and O–H groups in total. The maximum atomic E-state index is 12.0. The number of likely N-dealkylation sites (N-methyl/N-ethyl adjacent to an activating group) is 1. The van der Waals surface area contributed by atoms with Crippen LogP contribution in [0.3, 0.4) is 0 Å². The van der Waals surface area contributed by atoms with Crippen molar-refractivity contribution in [3.8, 4) is 0 Å². The van der Waals surface area contributed by atoms with E-state index in [1.807, 2.05) is 0 Å². The Bertz CT molecular complexity index is 469. The highest BCUT2D eigenvalue weighted by Crippen LogP contribution is 2.22. The Morgan fingerprint density at radius 1 is 1.14 bits per heavy atom. The molecule has 0 aromatic carbocycles. The van der Waals surface area contributed by atoms with Crippen molar-refractivity contribution in [1.82, 2.24) is 20.4 Å². The summed E-state index contributed by atoms with van der Waals surface area (Å²) in [4.78, 5) is 20.6. The van der Waals surface area contributed by atoms with E-state index in [9.17, 15) is 4.79 Å². The summed E-state index contributed by atoms with van der Waals surface area (Å²) in [5.41, 5.74) is 0. The zero-order valence-electron chi connectivity index (χ0n) is 18.2. The van der Waals surface area contributed by atoms with Crippen molar-refractivity contribution in [1.29, 1.82) is 0 Å². The molecule has 2 fully saturated rings. The number of piperidine rings is 1. The second kappa shape index (κ2) is 13.0. The lowest BCUT2D eigenvalue weighted by atomic mass is 9.89. The summed E-state index contributed by atoms with van der Waals surface area (Å²) in [5, 5.41) is 7.12. The Balaban J connectivity index is 1.81. The van der Waals surface area contributed by atoms with Crippen LogP contribution in [0.5, 0.6) is 0 Å². The van der Waals surface area contributed by atoms with Crippen molar-refractivity contribution in [3.05, 3.63) is 0 Å². The Hall–Kier alpha value is -1.34. The van der Waals surface area contributed by atoms with Crippen molar-refractivity contribution >= 4 is 11.9 Å². The molecule has 28 heavy (non-hydrogen) atoms. The molecule has 1 amide bonds. The summed E-state index contributed by atoms with van der Waals surface area (Å²) in [7, 11) is 5.32. The topological polar surface area (TPSA) is 69.2 Å². The van der Waals surface area contributed by atoms with Gasteiger partial charge in [0.25, 0.3) is 0 Å². The van der Waals surface area contributed by atoms with E-state index in [2.05, 4.69) is 20.5 Å². The summed E-state index contributed by atoms with van der Waals surface area (Å²) >= 11 is 0. The van der Waals surface area contributed by atoms with Crippen molar-refractivity contribution < 1.29 is 9.53 Å². The SMILES string of the molecule is COCCCN1CCC(NC(=NCC(=O)N(C)C)NCC2CCCCC2)CC1. The molecule has 1 saturated carbocycles. The smallest absolute Gasteiger partial charge is 0.243 e. The van der Waals surface area contributed by atoms with Gasteiger partial charge in [-0.3, -0.25) is 4.79 Å². The molecule has 7 heteroatoms. The minimum absolute atomic E-state index is 0.0340. The van der Waals surface area contributed by atoms with E-state index >= 15 is 0 Å². The molecule has 1 heterocycles. The Kier molecular flexibility index (Phi) is 10.6. The predicted molar refractivity (Wildman–Crippen MR) is 115 cm³/mol. The molecule has 0 bridgehead atoms. The summed E-state index contributed by atoms with van der Waals surface area (Å²) in [6.45, 7) is 5.31. The van der Waals surface area contributed by atoms with Gasteiger partial charge >= 0.3 is 0 Å². The first-order valence-electron chi connectivity index (χ1n) is 11.0. The molecule has 0 spiro atoms. The third-order valence-electron chi connectivity index (χ3n) is 5.91. The second-order valence-corrected chi connectivity index (χ2v) is 8.44. The van der Waals surface area contributed by atoms with Crippen LogP contribution in [0, 0.1) is 5.92 Å². The van der Waals surface area contributed by atoms with E-state index in [1.165, 1.54) is 32.1 Å². The first-order valence-corrected chi connectivity index (χ1v) is 11.0. The maximum Gasteiger partial charge on any atom is 0.243 e. The zero-order valence-corrected chi connectivity index (χ0v) is 18.2. The van der Waals surface area contributed by atoms with Gasteiger partial charge in [0.05, 0.1) is 0 Å². The molecule has 162 valence electrons. The molecule has 0 aromatic heterocycles. The van der Waals surface area contributed by atoms with Gasteiger partial charge in [-0.15, -0.1) is 0 Å². The van der Waals surface area contributed by atoms with Gasteiger partial charge in [-0.05, 0) is 38.0 Å². The van der Waals surface area contributed by atoms with E-state index in [0.29, 0.717) is 6.04 Å². The molecule has 0 atom stereocenters. The largest absolute Gasteiger partial charge is 0.385 e. The van der Waals surface area contributed by atoms with Gasteiger partial charge in [-0.25, -0.2) is 4.99 Å². The third kappa shape index (κ3) is 8.78. The number of hydrogen-bond donors (Lipinski definition) is 2. The molecule has 2 rings (SSSR count). The number of ether oxygens (including phenoxy) is 1. The first-order chi connectivity index (χ1) is 13.6. The quantitative estimate of drug-likeness (QED) is 0.353. The lowest BCUT2D eigenvalue weighted by Crippen LogP contribution is -2.50. The van der Waals surface area contributed by atoms with Crippen LogP contribution in [-0.4, -0.2) is 88.2 Å². The highest BCUT2D eigenvalue weighted by Gasteiger charge is 2.21. The van der Waals surface area contributed by atoms with Gasteiger partial charge in [0, 0.05) is 60.0 Å². The van der Waals surface area contributed by atoms with Crippen LogP contribution in [0.4, 0.5) is 0 Å². The molecule has 7 nitrogen and oxygen atoms in total. The molecule has 2 aliphatic rings. The molecule has 0 aromatic rings. The van der Waals surface area contributed by atoms with Crippen molar-refractivity contribution in [2.45, 2.75) is 57.4 Å². The average molecular weight is 396 g/mol. The van der Waals surface area contributed by atoms with Gasteiger partial charge < -0.3 is 25.2 Å². The molecular weight excluding hydrogens is 354 g/mol. The minimum Gasteiger partial charge on any atom is -0.385 e. The van der Waals surface area contributed by atoms with E-state index < -0.39 is 0 Å². The van der Waals surface area contributed by atoms with Gasteiger partial charge in [0.1, 0.15) is 6.54 Å². The minimum atomic E-state index is 0.0340. The van der Waals surface area contributed by atoms with Crippen molar-refractivity contribution in [3.63, 3.8) is 0 Å². The van der Waals surface area contributed by atoms with E-state index in [1.54, 1.807) is 26.1 Å². The number of rotatable bonds is 9. The van der Waals surface area contributed by atoms with E-state index in [-0.39, 0.29) is 12.5 Å². The van der Waals surface area contributed by atoms with Crippen molar-refractivity contribution in [2.75, 3.05) is 60.5 Å². The van der Waals surface area contributed by atoms with Gasteiger partial charge in [0.15, 0.2) is 5.96 Å². The van der Waals surface area contributed by atoms with E-state index in [4.69, 9.17) is 4.74 Å². The van der Waals surface area contributed by atoms with Crippen LogP contribution >= 0.6 is 0 Å². The predicted octanol–water partition coefficient (Wildman–Crippen LogP) is 1.69. The summed E-state index contributed by atoms with van der Waals surface area (Å²) in [6, 6.07) is 0.422. The number of carbonyl (C=O) groups excluding carboxylic acids is 1. The van der Waals surface area contributed by atoms with Crippen LogP contribution in [0.15, 0.2) is 4.99 Å². The monoisotopic (exact) mass is 395 g/mol. The van der Waals surface area contributed by atoms with Gasteiger partial charge in [-0.2, -0.15) is 0 Å². The van der Waals surface area contributed by atoms with Crippen LogP contribution in [0.2, 0.25) is 0 Å².